The summed E-state index contributed by atoms with van der Waals surface area (Å²) in [6.45, 7) is 1.99. The van der Waals surface area contributed by atoms with Crippen LogP contribution in [0.25, 0.3) is 0 Å². The average molecular weight is 384 g/mol. The number of ether oxygens (including phenoxy) is 3. The van der Waals surface area contributed by atoms with Crippen LogP contribution in [0.5, 0.6) is 0 Å². The van der Waals surface area contributed by atoms with Crippen LogP contribution >= 0.6 is 0 Å². The van der Waals surface area contributed by atoms with Crippen molar-refractivity contribution < 1.29 is 28.9 Å². The van der Waals surface area contributed by atoms with Crippen molar-refractivity contribution in [1.29, 1.82) is 0 Å². The van der Waals surface area contributed by atoms with Gasteiger partial charge in [0.1, 0.15) is 6.10 Å². The lowest BCUT2D eigenvalue weighted by Gasteiger charge is -2.45. The van der Waals surface area contributed by atoms with Crippen molar-refractivity contribution in [1.82, 2.24) is 9.80 Å². The van der Waals surface area contributed by atoms with Gasteiger partial charge in [-0.05, 0) is 25.7 Å². The summed E-state index contributed by atoms with van der Waals surface area (Å²) >= 11 is 0. The third-order valence-electron chi connectivity index (χ3n) is 5.74. The van der Waals surface area contributed by atoms with Gasteiger partial charge in [0.25, 0.3) is 0 Å². The van der Waals surface area contributed by atoms with Crippen molar-refractivity contribution in [2.75, 3.05) is 47.1 Å². The second-order valence-corrected chi connectivity index (χ2v) is 8.00. The Kier molecular flexibility index (Phi) is 7.08. The van der Waals surface area contributed by atoms with E-state index in [1.807, 2.05) is 4.90 Å². The van der Waals surface area contributed by atoms with E-state index in [0.29, 0.717) is 32.7 Å². The largest absolute Gasteiger partial charge is 0.389 e. The van der Waals surface area contributed by atoms with Gasteiger partial charge in [0.15, 0.2) is 0 Å². The van der Waals surface area contributed by atoms with Gasteiger partial charge < -0.3 is 29.1 Å². The Morgan fingerprint density at radius 1 is 1.07 bits per heavy atom. The van der Waals surface area contributed by atoms with Gasteiger partial charge >= 0.3 is 0 Å². The van der Waals surface area contributed by atoms with Crippen LogP contribution in [0.4, 0.5) is 0 Å². The third kappa shape index (κ3) is 5.19. The first-order chi connectivity index (χ1) is 13.0. The lowest BCUT2D eigenvalue weighted by molar-refractivity contribution is -0.174. The van der Waals surface area contributed by atoms with E-state index in [1.165, 1.54) is 0 Å². The number of hydrogen-bond donors (Lipinski definition) is 1. The third-order valence-corrected chi connectivity index (χ3v) is 5.74. The van der Waals surface area contributed by atoms with Gasteiger partial charge in [0, 0.05) is 39.8 Å². The molecule has 0 aromatic heterocycles. The molecule has 0 radical (unpaired) electrons. The van der Waals surface area contributed by atoms with Crippen LogP contribution < -0.4 is 0 Å². The Hall–Kier alpha value is -1.22. The fraction of sp³-hybridized carbons (Fsp3) is 0.895. The molecule has 4 atom stereocenters. The number of carbonyl (C=O) groups excluding carboxylic acids is 2. The van der Waals surface area contributed by atoms with Gasteiger partial charge in [0.05, 0.1) is 37.9 Å². The summed E-state index contributed by atoms with van der Waals surface area (Å²) in [6.07, 6.45) is 2.13. The molecule has 3 aliphatic heterocycles. The Morgan fingerprint density at radius 3 is 2.52 bits per heavy atom. The predicted octanol–water partition coefficient (Wildman–Crippen LogP) is 0.0272. The molecule has 3 heterocycles. The van der Waals surface area contributed by atoms with Gasteiger partial charge in [-0.25, -0.2) is 0 Å². The number of carbonyl (C=O) groups is 2. The minimum atomic E-state index is -0.692. The van der Waals surface area contributed by atoms with Gasteiger partial charge in [-0.2, -0.15) is 0 Å². The van der Waals surface area contributed by atoms with Crippen LogP contribution in [-0.4, -0.2) is 98.1 Å². The average Bonchev–Trinajstić information content (AvgIpc) is 2.65. The summed E-state index contributed by atoms with van der Waals surface area (Å²) in [5.41, 5.74) is 0. The van der Waals surface area contributed by atoms with Crippen molar-refractivity contribution in [2.24, 2.45) is 5.92 Å². The zero-order valence-electron chi connectivity index (χ0n) is 16.3. The van der Waals surface area contributed by atoms with Crippen LogP contribution in [-0.2, 0) is 23.8 Å². The molecule has 0 aromatic carbocycles. The van der Waals surface area contributed by atoms with E-state index in [4.69, 9.17) is 14.2 Å². The first-order valence-corrected chi connectivity index (χ1v) is 9.95. The van der Waals surface area contributed by atoms with Crippen LogP contribution in [0.2, 0.25) is 0 Å². The summed E-state index contributed by atoms with van der Waals surface area (Å²) in [5, 5.41) is 10.2. The maximum atomic E-state index is 13.2. The maximum absolute atomic E-state index is 13.2. The highest BCUT2D eigenvalue weighted by Gasteiger charge is 2.41. The molecule has 8 nitrogen and oxygen atoms in total. The summed E-state index contributed by atoms with van der Waals surface area (Å²) in [4.78, 5) is 28.6. The molecule has 154 valence electrons. The van der Waals surface area contributed by atoms with Crippen molar-refractivity contribution in [3.8, 4) is 0 Å². The summed E-state index contributed by atoms with van der Waals surface area (Å²) in [6, 6.07) is -0.124. The lowest BCUT2D eigenvalue weighted by atomic mass is 9.91. The second-order valence-electron chi connectivity index (χ2n) is 8.00. The Morgan fingerprint density at radius 2 is 1.81 bits per heavy atom. The minimum Gasteiger partial charge on any atom is -0.389 e. The molecular formula is C19H32N2O6. The van der Waals surface area contributed by atoms with Gasteiger partial charge in [-0.3, -0.25) is 9.59 Å². The van der Waals surface area contributed by atoms with Crippen molar-refractivity contribution in [2.45, 2.75) is 56.5 Å². The number of rotatable bonds is 3. The quantitative estimate of drug-likeness (QED) is 0.738. The zero-order chi connectivity index (χ0) is 19.4. The molecule has 0 unspecified atom stereocenters. The summed E-state index contributed by atoms with van der Waals surface area (Å²) in [7, 11) is 3.48. The van der Waals surface area contributed by atoms with Gasteiger partial charge in [0.2, 0.25) is 11.8 Å². The Bertz CT molecular complexity index is 522. The molecule has 3 aliphatic rings. The number of aliphatic hydroxyl groups excluding tert-OH is 1. The molecule has 3 saturated heterocycles. The first-order valence-electron chi connectivity index (χ1n) is 9.95. The van der Waals surface area contributed by atoms with Crippen molar-refractivity contribution in [3.63, 3.8) is 0 Å². The molecule has 2 amide bonds. The molecule has 0 bridgehead atoms. The smallest absolute Gasteiger partial charge is 0.226 e. The molecule has 8 heteroatoms. The van der Waals surface area contributed by atoms with Crippen molar-refractivity contribution in [3.05, 3.63) is 0 Å². The van der Waals surface area contributed by atoms with Gasteiger partial charge in [-0.15, -0.1) is 0 Å². The number of amides is 2. The Balaban J connectivity index is 1.69. The molecule has 1 N–H and O–H groups in total. The molecule has 0 aromatic rings. The number of nitrogens with zero attached hydrogens (tertiary/aromatic N) is 2. The number of hydrogen-bond acceptors (Lipinski definition) is 6. The summed E-state index contributed by atoms with van der Waals surface area (Å²) < 4.78 is 17.2. The van der Waals surface area contributed by atoms with E-state index in [-0.39, 0.29) is 49.1 Å². The van der Waals surface area contributed by atoms with Crippen LogP contribution in [0, 0.1) is 5.92 Å². The molecule has 3 rings (SSSR count). The highest BCUT2D eigenvalue weighted by molar-refractivity contribution is 5.79. The number of fused-ring (bicyclic) bond motifs is 1. The van der Waals surface area contributed by atoms with E-state index >= 15 is 0 Å². The SMILES string of the molecule is CN(C)C(=O)C[C@H]1CC[C@H]2[C@@H](COC[C@@H](O)CN2C(=O)C2CCOCC2)O1. The molecular weight excluding hydrogens is 352 g/mol. The fourth-order valence-corrected chi connectivity index (χ4v) is 4.15. The molecule has 0 spiro atoms. The molecule has 0 saturated carbocycles. The lowest BCUT2D eigenvalue weighted by Crippen LogP contribution is -2.58. The zero-order valence-corrected chi connectivity index (χ0v) is 16.3. The van der Waals surface area contributed by atoms with E-state index in [0.717, 1.165) is 19.3 Å². The predicted molar refractivity (Wildman–Crippen MR) is 97.1 cm³/mol. The van der Waals surface area contributed by atoms with E-state index in [1.54, 1.807) is 19.0 Å². The van der Waals surface area contributed by atoms with Crippen LogP contribution in [0.1, 0.15) is 32.1 Å². The highest BCUT2D eigenvalue weighted by atomic mass is 16.5. The summed E-state index contributed by atoms with van der Waals surface area (Å²) in [5.74, 6) is 0.0661. The minimum absolute atomic E-state index is 0.0378. The Labute approximate surface area is 160 Å². The molecule has 27 heavy (non-hydrogen) atoms. The topological polar surface area (TPSA) is 88.5 Å². The number of β-amino-alcohol motifs (C(OH)–C–C–N with tert-alkyl or cyclic N) is 1. The maximum Gasteiger partial charge on any atom is 0.226 e. The van der Waals surface area contributed by atoms with E-state index in [9.17, 15) is 14.7 Å². The fourth-order valence-electron chi connectivity index (χ4n) is 4.15. The normalized spacial score (nSPS) is 32.9. The highest BCUT2D eigenvalue weighted by Crippen LogP contribution is 2.30. The second kappa shape index (κ2) is 9.32. The molecule has 0 aliphatic carbocycles. The van der Waals surface area contributed by atoms with Crippen molar-refractivity contribution >= 4 is 11.8 Å². The first kappa shape index (κ1) is 20.5. The van der Waals surface area contributed by atoms with E-state index in [2.05, 4.69) is 0 Å². The monoisotopic (exact) mass is 384 g/mol. The van der Waals surface area contributed by atoms with E-state index < -0.39 is 6.10 Å². The van der Waals surface area contributed by atoms with Crippen LogP contribution in [0.15, 0.2) is 0 Å². The standard InChI is InChI=1S/C19H32N2O6/c1-20(2)18(23)9-15-3-4-16-17(27-15)12-26-11-14(22)10-21(16)19(24)13-5-7-25-8-6-13/h13-17,22H,3-12H2,1-2H3/t14-,15+,16-,17+/m0/s1. The van der Waals surface area contributed by atoms with Gasteiger partial charge in [-0.1, -0.05) is 0 Å². The number of aliphatic hydroxyl groups is 1. The molecule has 3 fully saturated rings. The van der Waals surface area contributed by atoms with Crippen LogP contribution in [0.3, 0.4) is 0 Å².